The van der Waals surface area contributed by atoms with Gasteiger partial charge in [0.25, 0.3) is 5.91 Å². The lowest BCUT2D eigenvalue weighted by Crippen LogP contribution is -2.34. The number of aromatic amines is 1. The van der Waals surface area contributed by atoms with Gasteiger partial charge >= 0.3 is 0 Å². The molecule has 0 saturated carbocycles. The molecule has 3 N–H and O–H groups in total. The Morgan fingerprint density at radius 2 is 1.79 bits per heavy atom. The Balaban J connectivity index is 1.30. The third-order valence-electron chi connectivity index (χ3n) is 4.26. The van der Waals surface area contributed by atoms with Crippen LogP contribution in [0.2, 0.25) is 0 Å². The van der Waals surface area contributed by atoms with Gasteiger partial charge in [-0.1, -0.05) is 35.9 Å². The number of nitrogens with zero attached hydrogens (tertiary/aromatic N) is 1. The molecule has 28 heavy (non-hydrogen) atoms. The van der Waals surface area contributed by atoms with Gasteiger partial charge in [-0.25, -0.2) is 0 Å². The zero-order chi connectivity index (χ0) is 19.8. The normalized spacial score (nSPS) is 10.6. The average molecular weight is 380 g/mol. The molecule has 0 bridgehead atoms. The molecule has 3 rings (SSSR count). The molecule has 0 saturated heterocycles. The number of carbonyl (C=O) groups is 2. The van der Waals surface area contributed by atoms with Gasteiger partial charge in [-0.3, -0.25) is 14.7 Å². The minimum atomic E-state index is -0.266. The van der Waals surface area contributed by atoms with Crippen molar-refractivity contribution in [3.63, 3.8) is 0 Å². The molecule has 1 heterocycles. The zero-order valence-electron chi connectivity index (χ0n) is 15.8. The van der Waals surface area contributed by atoms with Crippen molar-refractivity contribution in [2.45, 2.75) is 19.8 Å². The van der Waals surface area contributed by atoms with E-state index in [1.54, 1.807) is 0 Å². The van der Waals surface area contributed by atoms with Gasteiger partial charge in [-0.2, -0.15) is 5.10 Å². The third-order valence-corrected chi connectivity index (χ3v) is 4.26. The maximum atomic E-state index is 12.2. The number of hydrogen-bond acceptors (Lipinski definition) is 4. The molecule has 1 aromatic heterocycles. The molecule has 0 fully saturated rings. The summed E-state index contributed by atoms with van der Waals surface area (Å²) in [6.07, 6.45) is 1.01. The molecule has 0 spiro atoms. The van der Waals surface area contributed by atoms with E-state index in [-0.39, 0.29) is 11.8 Å². The van der Waals surface area contributed by atoms with Gasteiger partial charge in [0.1, 0.15) is 5.75 Å². The molecule has 2 amide bonds. The van der Waals surface area contributed by atoms with Gasteiger partial charge in [0.05, 0.1) is 12.1 Å². The maximum Gasteiger partial charge on any atom is 0.272 e. The van der Waals surface area contributed by atoms with Crippen LogP contribution in [-0.4, -0.2) is 41.7 Å². The van der Waals surface area contributed by atoms with Crippen molar-refractivity contribution in [2.24, 2.45) is 0 Å². The van der Waals surface area contributed by atoms with Crippen molar-refractivity contribution in [1.29, 1.82) is 0 Å². The summed E-state index contributed by atoms with van der Waals surface area (Å²) in [6, 6.07) is 15.3. The second-order valence-electron chi connectivity index (χ2n) is 6.49. The lowest BCUT2D eigenvalue weighted by molar-refractivity contribution is -0.121. The smallest absolute Gasteiger partial charge is 0.272 e. The summed E-state index contributed by atoms with van der Waals surface area (Å²) >= 11 is 0. The maximum absolute atomic E-state index is 12.2. The largest absolute Gasteiger partial charge is 0.494 e. The van der Waals surface area contributed by atoms with E-state index in [0.717, 1.165) is 16.7 Å². The van der Waals surface area contributed by atoms with E-state index in [9.17, 15) is 9.59 Å². The second kappa shape index (κ2) is 9.55. The van der Waals surface area contributed by atoms with Gasteiger partial charge < -0.3 is 15.4 Å². The Morgan fingerprint density at radius 1 is 1.04 bits per heavy atom. The zero-order valence-corrected chi connectivity index (χ0v) is 15.8. The molecule has 7 nitrogen and oxygen atoms in total. The van der Waals surface area contributed by atoms with Crippen molar-refractivity contribution in [2.75, 3.05) is 19.7 Å². The number of rotatable bonds is 9. The number of carbonyl (C=O) groups excluding carboxylic acids is 2. The van der Waals surface area contributed by atoms with Crippen LogP contribution in [0.15, 0.2) is 48.5 Å². The molecule has 0 aliphatic heterocycles. The van der Waals surface area contributed by atoms with Crippen LogP contribution in [0.4, 0.5) is 0 Å². The van der Waals surface area contributed by atoms with Crippen LogP contribution in [-0.2, 0) is 4.79 Å². The fourth-order valence-corrected chi connectivity index (χ4v) is 2.74. The number of H-pyrrole nitrogens is 1. The quantitative estimate of drug-likeness (QED) is 0.497. The summed E-state index contributed by atoms with van der Waals surface area (Å²) in [7, 11) is 0. The van der Waals surface area contributed by atoms with Crippen molar-refractivity contribution in [3.8, 4) is 5.75 Å². The fourth-order valence-electron chi connectivity index (χ4n) is 2.74. The molecule has 7 heteroatoms. The number of aryl methyl sites for hydroxylation is 1. The molecule has 0 unspecified atom stereocenters. The van der Waals surface area contributed by atoms with Crippen LogP contribution in [0.1, 0.15) is 28.9 Å². The number of hydrogen-bond donors (Lipinski definition) is 3. The van der Waals surface area contributed by atoms with Gasteiger partial charge in [-0.15, -0.1) is 0 Å². The highest BCUT2D eigenvalue weighted by Crippen LogP contribution is 2.14. The first kappa shape index (κ1) is 19.4. The van der Waals surface area contributed by atoms with Crippen molar-refractivity contribution < 1.29 is 14.3 Å². The van der Waals surface area contributed by atoms with Crippen molar-refractivity contribution >= 4 is 22.7 Å². The summed E-state index contributed by atoms with van der Waals surface area (Å²) in [5.41, 5.74) is 2.35. The van der Waals surface area contributed by atoms with E-state index in [4.69, 9.17) is 4.74 Å². The van der Waals surface area contributed by atoms with E-state index in [1.807, 2.05) is 55.5 Å². The fraction of sp³-hybridized carbons (Fsp3) is 0.286. The average Bonchev–Trinajstić information content (AvgIpc) is 3.14. The Hall–Kier alpha value is -3.35. The van der Waals surface area contributed by atoms with Crippen LogP contribution in [0.3, 0.4) is 0 Å². The van der Waals surface area contributed by atoms with E-state index in [2.05, 4.69) is 20.8 Å². The molecule has 146 valence electrons. The van der Waals surface area contributed by atoms with Crippen LogP contribution in [0.5, 0.6) is 5.75 Å². The van der Waals surface area contributed by atoms with Crippen LogP contribution < -0.4 is 15.4 Å². The summed E-state index contributed by atoms with van der Waals surface area (Å²) < 4.78 is 5.60. The number of amides is 2. The number of para-hydroxylation sites is 1. The van der Waals surface area contributed by atoms with Crippen LogP contribution in [0, 0.1) is 6.92 Å². The van der Waals surface area contributed by atoms with Crippen LogP contribution >= 0.6 is 0 Å². The van der Waals surface area contributed by atoms with Crippen molar-refractivity contribution in [3.05, 3.63) is 59.8 Å². The number of ether oxygens (including phenoxy) is 1. The van der Waals surface area contributed by atoms with E-state index in [1.165, 1.54) is 5.56 Å². The predicted octanol–water partition coefficient (Wildman–Crippen LogP) is 2.58. The van der Waals surface area contributed by atoms with E-state index >= 15 is 0 Å². The lowest BCUT2D eigenvalue weighted by atomic mass is 10.2. The Labute approximate surface area is 163 Å². The Bertz CT molecular complexity index is 934. The first-order chi connectivity index (χ1) is 13.6. The molecule has 3 aromatic rings. The molecule has 0 radical (unpaired) electrons. The van der Waals surface area contributed by atoms with Gasteiger partial charge in [0.15, 0.2) is 5.69 Å². The highest BCUT2D eigenvalue weighted by molar-refractivity contribution is 6.04. The predicted molar refractivity (Wildman–Crippen MR) is 107 cm³/mol. The number of benzene rings is 2. The summed E-state index contributed by atoms with van der Waals surface area (Å²) in [5.74, 6) is 0.477. The SMILES string of the molecule is Cc1ccc(OCCCC(=O)NCCNC(=O)c2n[nH]c3ccccc23)cc1. The Kier molecular flexibility index (Phi) is 6.62. The molecular weight excluding hydrogens is 356 g/mol. The monoisotopic (exact) mass is 380 g/mol. The van der Waals surface area contributed by atoms with E-state index in [0.29, 0.717) is 38.2 Å². The van der Waals surface area contributed by atoms with Gasteiger partial charge in [0, 0.05) is 24.9 Å². The van der Waals surface area contributed by atoms with Gasteiger partial charge in [0.2, 0.25) is 5.91 Å². The molecule has 0 aliphatic rings. The number of fused-ring (bicyclic) bond motifs is 1. The topological polar surface area (TPSA) is 96.1 Å². The Morgan fingerprint density at radius 3 is 2.61 bits per heavy atom. The molecule has 0 atom stereocenters. The third kappa shape index (κ3) is 5.33. The molecule has 2 aromatic carbocycles. The summed E-state index contributed by atoms with van der Waals surface area (Å²) in [6.45, 7) is 3.21. The standard InChI is InChI=1S/C21H24N4O3/c1-15-8-10-16(11-9-15)28-14-4-7-19(26)22-12-13-23-21(27)20-17-5-2-3-6-18(17)24-25-20/h2-3,5-6,8-11H,4,7,12-14H2,1H3,(H,22,26)(H,23,27)(H,24,25). The number of nitrogens with one attached hydrogen (secondary N) is 3. The highest BCUT2D eigenvalue weighted by atomic mass is 16.5. The summed E-state index contributed by atoms with van der Waals surface area (Å²) in [5, 5.41) is 13.2. The lowest BCUT2D eigenvalue weighted by Gasteiger charge is -2.08. The minimum absolute atomic E-state index is 0.0630. The van der Waals surface area contributed by atoms with E-state index < -0.39 is 0 Å². The second-order valence-corrected chi connectivity index (χ2v) is 6.49. The first-order valence-electron chi connectivity index (χ1n) is 9.31. The first-order valence-corrected chi connectivity index (χ1v) is 9.31. The van der Waals surface area contributed by atoms with Gasteiger partial charge in [-0.05, 0) is 31.5 Å². The number of aromatic nitrogens is 2. The van der Waals surface area contributed by atoms with Crippen LogP contribution in [0.25, 0.3) is 10.9 Å². The molecular formula is C21H24N4O3. The molecule has 0 aliphatic carbocycles. The minimum Gasteiger partial charge on any atom is -0.494 e. The summed E-state index contributed by atoms with van der Waals surface area (Å²) in [4.78, 5) is 24.1. The van der Waals surface area contributed by atoms with Crippen molar-refractivity contribution in [1.82, 2.24) is 20.8 Å². The highest BCUT2D eigenvalue weighted by Gasteiger charge is 2.13.